The van der Waals surface area contributed by atoms with Gasteiger partial charge in [-0.15, -0.1) is 0 Å². The molecule has 1 aliphatic heterocycles. The Balaban J connectivity index is 1.51. The predicted molar refractivity (Wildman–Crippen MR) is 90.4 cm³/mol. The first-order chi connectivity index (χ1) is 11.7. The van der Waals surface area contributed by atoms with Crippen molar-refractivity contribution < 1.29 is 9.53 Å². The van der Waals surface area contributed by atoms with Crippen molar-refractivity contribution in [2.45, 2.75) is 75.7 Å². The van der Waals surface area contributed by atoms with Crippen molar-refractivity contribution in [1.82, 2.24) is 19.8 Å². The molecule has 4 rings (SSSR count). The average Bonchev–Trinajstić information content (AvgIpc) is 3.28. The van der Waals surface area contributed by atoms with Gasteiger partial charge in [0.25, 0.3) is 0 Å². The SMILES string of the molecule is CCOC1CC(N[C@@H]2CCC(=O)N(C3CC3)[C@H]2c2cncn2C)C1. The Labute approximate surface area is 143 Å². The third-order valence-electron chi connectivity index (χ3n) is 5.68. The zero-order valence-electron chi connectivity index (χ0n) is 14.6. The van der Waals surface area contributed by atoms with E-state index in [1.54, 1.807) is 0 Å². The van der Waals surface area contributed by atoms with Gasteiger partial charge in [0, 0.05) is 38.2 Å². The maximum Gasteiger partial charge on any atom is 0.223 e. The molecule has 6 heteroatoms. The molecule has 1 amide bonds. The van der Waals surface area contributed by atoms with Crippen molar-refractivity contribution >= 4 is 5.91 Å². The highest BCUT2D eigenvalue weighted by atomic mass is 16.5. The summed E-state index contributed by atoms with van der Waals surface area (Å²) in [5.74, 6) is 0.308. The van der Waals surface area contributed by atoms with Gasteiger partial charge in [-0.1, -0.05) is 0 Å². The lowest BCUT2D eigenvalue weighted by atomic mass is 9.85. The summed E-state index contributed by atoms with van der Waals surface area (Å²) in [6.45, 7) is 2.85. The Morgan fingerprint density at radius 3 is 2.75 bits per heavy atom. The maximum absolute atomic E-state index is 12.6. The lowest BCUT2D eigenvalue weighted by molar-refractivity contribution is -0.139. The van der Waals surface area contributed by atoms with E-state index in [2.05, 4.69) is 26.7 Å². The first-order valence-corrected chi connectivity index (χ1v) is 9.32. The molecule has 0 unspecified atom stereocenters. The molecule has 0 aromatic carbocycles. The molecule has 2 heterocycles. The molecule has 0 bridgehead atoms. The van der Waals surface area contributed by atoms with Crippen molar-refractivity contribution in [2.24, 2.45) is 7.05 Å². The average molecular weight is 332 g/mol. The van der Waals surface area contributed by atoms with Crippen LogP contribution in [0.2, 0.25) is 0 Å². The van der Waals surface area contributed by atoms with Crippen molar-refractivity contribution in [2.75, 3.05) is 6.61 Å². The number of piperidine rings is 1. The number of hydrogen-bond acceptors (Lipinski definition) is 4. The molecule has 24 heavy (non-hydrogen) atoms. The zero-order valence-corrected chi connectivity index (χ0v) is 14.6. The highest BCUT2D eigenvalue weighted by Crippen LogP contribution is 2.41. The maximum atomic E-state index is 12.6. The zero-order chi connectivity index (χ0) is 16.7. The highest BCUT2D eigenvalue weighted by molar-refractivity contribution is 5.78. The molecule has 1 aromatic heterocycles. The van der Waals surface area contributed by atoms with E-state index in [4.69, 9.17) is 4.74 Å². The first-order valence-electron chi connectivity index (χ1n) is 9.32. The number of aromatic nitrogens is 2. The fraction of sp³-hybridized carbons (Fsp3) is 0.778. The van der Waals surface area contributed by atoms with Crippen LogP contribution in [0.1, 0.15) is 57.2 Å². The van der Waals surface area contributed by atoms with Crippen LogP contribution in [0.15, 0.2) is 12.5 Å². The van der Waals surface area contributed by atoms with Gasteiger partial charge in [-0.25, -0.2) is 4.98 Å². The number of imidazole rings is 1. The Morgan fingerprint density at radius 2 is 2.12 bits per heavy atom. The molecule has 3 aliphatic rings. The minimum Gasteiger partial charge on any atom is -0.378 e. The van der Waals surface area contributed by atoms with Crippen LogP contribution in [0.5, 0.6) is 0 Å². The van der Waals surface area contributed by atoms with Crippen LogP contribution in [0.25, 0.3) is 0 Å². The van der Waals surface area contributed by atoms with Gasteiger partial charge < -0.3 is 19.5 Å². The number of nitrogens with zero attached hydrogens (tertiary/aromatic N) is 3. The van der Waals surface area contributed by atoms with Gasteiger partial charge >= 0.3 is 0 Å². The van der Waals surface area contributed by atoms with Gasteiger partial charge in [0.05, 0.1) is 30.4 Å². The van der Waals surface area contributed by atoms with E-state index in [0.717, 1.165) is 44.4 Å². The molecule has 2 aliphatic carbocycles. The second-order valence-electron chi connectivity index (χ2n) is 7.46. The first kappa shape index (κ1) is 16.1. The largest absolute Gasteiger partial charge is 0.378 e. The highest BCUT2D eigenvalue weighted by Gasteiger charge is 2.46. The monoisotopic (exact) mass is 332 g/mol. The van der Waals surface area contributed by atoms with Crippen LogP contribution in [-0.4, -0.2) is 51.2 Å². The van der Waals surface area contributed by atoms with Crippen LogP contribution < -0.4 is 5.32 Å². The van der Waals surface area contributed by atoms with Gasteiger partial charge in [-0.3, -0.25) is 4.79 Å². The summed E-state index contributed by atoms with van der Waals surface area (Å²) in [5.41, 5.74) is 1.15. The summed E-state index contributed by atoms with van der Waals surface area (Å²) < 4.78 is 7.75. The second-order valence-corrected chi connectivity index (χ2v) is 7.46. The van der Waals surface area contributed by atoms with Crippen molar-refractivity contribution in [3.05, 3.63) is 18.2 Å². The number of carbonyl (C=O) groups is 1. The summed E-state index contributed by atoms with van der Waals surface area (Å²) in [6.07, 6.45) is 10.2. The topological polar surface area (TPSA) is 59.4 Å². The second kappa shape index (κ2) is 6.48. The van der Waals surface area contributed by atoms with Crippen LogP contribution in [0.3, 0.4) is 0 Å². The number of rotatable bonds is 6. The summed E-state index contributed by atoms with van der Waals surface area (Å²) in [5, 5.41) is 3.83. The molecule has 2 atom stereocenters. The Bertz CT molecular complexity index is 592. The molecule has 1 N–H and O–H groups in total. The number of hydrogen-bond donors (Lipinski definition) is 1. The van der Waals surface area contributed by atoms with Crippen LogP contribution in [0.4, 0.5) is 0 Å². The molecule has 1 aromatic rings. The standard InChI is InChI=1S/C18H28N4O2/c1-3-24-14-8-12(9-14)20-15-6-7-17(23)22(13-4-5-13)18(15)16-10-19-11-21(16)2/h10-15,18,20H,3-9H2,1-2H3/t12?,14?,15-,18-/m1/s1. The number of carbonyl (C=O) groups excluding carboxylic acids is 1. The Hall–Kier alpha value is -1.40. The fourth-order valence-corrected chi connectivity index (χ4v) is 4.25. The van der Waals surface area contributed by atoms with E-state index in [9.17, 15) is 4.79 Å². The molecule has 3 fully saturated rings. The van der Waals surface area contributed by atoms with E-state index >= 15 is 0 Å². The fourth-order valence-electron chi connectivity index (χ4n) is 4.25. The minimum absolute atomic E-state index is 0.109. The molecule has 2 saturated carbocycles. The molecule has 1 saturated heterocycles. The van der Waals surface area contributed by atoms with E-state index in [1.807, 2.05) is 19.6 Å². The van der Waals surface area contributed by atoms with Crippen molar-refractivity contribution in [3.63, 3.8) is 0 Å². The number of aryl methyl sites for hydroxylation is 1. The number of amides is 1. The van der Waals surface area contributed by atoms with Crippen LogP contribution in [0, 0.1) is 0 Å². The van der Waals surface area contributed by atoms with Gasteiger partial charge in [0.2, 0.25) is 5.91 Å². The molecule has 6 nitrogen and oxygen atoms in total. The molecule has 0 radical (unpaired) electrons. The van der Waals surface area contributed by atoms with E-state index in [1.165, 1.54) is 0 Å². The third-order valence-corrected chi connectivity index (χ3v) is 5.68. The van der Waals surface area contributed by atoms with Crippen LogP contribution >= 0.6 is 0 Å². The summed E-state index contributed by atoms with van der Waals surface area (Å²) >= 11 is 0. The van der Waals surface area contributed by atoms with E-state index in [0.29, 0.717) is 36.6 Å². The van der Waals surface area contributed by atoms with E-state index in [-0.39, 0.29) is 6.04 Å². The number of nitrogens with one attached hydrogen (secondary N) is 1. The summed E-state index contributed by atoms with van der Waals surface area (Å²) in [6, 6.07) is 1.36. The van der Waals surface area contributed by atoms with E-state index < -0.39 is 0 Å². The Morgan fingerprint density at radius 1 is 1.33 bits per heavy atom. The smallest absolute Gasteiger partial charge is 0.223 e. The quantitative estimate of drug-likeness (QED) is 0.862. The van der Waals surface area contributed by atoms with Crippen molar-refractivity contribution in [3.8, 4) is 0 Å². The lowest BCUT2D eigenvalue weighted by Crippen LogP contribution is -2.57. The third kappa shape index (κ3) is 2.97. The number of likely N-dealkylation sites (tertiary alicyclic amines) is 1. The molecule has 0 spiro atoms. The van der Waals surface area contributed by atoms with Gasteiger partial charge in [0.1, 0.15) is 0 Å². The Kier molecular flexibility index (Phi) is 4.35. The molecular weight excluding hydrogens is 304 g/mol. The normalized spacial score (nSPS) is 33.6. The van der Waals surface area contributed by atoms with Gasteiger partial charge in [0.15, 0.2) is 0 Å². The molecule has 132 valence electrons. The predicted octanol–water partition coefficient (Wildman–Crippen LogP) is 1.77. The number of ether oxygens (including phenoxy) is 1. The minimum atomic E-state index is 0.109. The molecular formula is C18H28N4O2. The summed E-state index contributed by atoms with van der Waals surface area (Å²) in [4.78, 5) is 19.0. The van der Waals surface area contributed by atoms with Gasteiger partial charge in [-0.2, -0.15) is 0 Å². The van der Waals surface area contributed by atoms with Crippen molar-refractivity contribution in [1.29, 1.82) is 0 Å². The van der Waals surface area contributed by atoms with Crippen LogP contribution in [-0.2, 0) is 16.6 Å². The van der Waals surface area contributed by atoms with Gasteiger partial charge in [-0.05, 0) is 39.0 Å². The summed E-state index contributed by atoms with van der Waals surface area (Å²) in [7, 11) is 2.03. The lowest BCUT2D eigenvalue weighted by Gasteiger charge is -2.45.